The Morgan fingerprint density at radius 2 is 1.52 bits per heavy atom. The van der Waals surface area contributed by atoms with Crippen LogP contribution in [-0.2, 0) is 0 Å². The second-order valence-electron chi connectivity index (χ2n) is 5.84. The van der Waals surface area contributed by atoms with Crippen LogP contribution in [0.15, 0.2) is 67.0 Å². The molecule has 0 aliphatic heterocycles. The van der Waals surface area contributed by atoms with Crippen LogP contribution in [0.4, 0.5) is 13.6 Å². The maximum atomic E-state index is 13.3. The number of pyridine rings is 1. The molecule has 0 aliphatic carbocycles. The largest absolute Gasteiger partial charge is 0.294 e. The third-order valence-corrected chi connectivity index (χ3v) is 4.13. The molecule has 0 unspecified atom stereocenters. The van der Waals surface area contributed by atoms with Crippen molar-refractivity contribution in [2.24, 2.45) is 0 Å². The van der Waals surface area contributed by atoms with Gasteiger partial charge in [-0.1, -0.05) is 23.4 Å². The second kappa shape index (κ2) is 7.89. The summed E-state index contributed by atoms with van der Waals surface area (Å²) in [5.74, 6) is -0.738. The molecule has 7 nitrogen and oxygen atoms in total. The molecule has 2 aromatic carbocycles. The third kappa shape index (κ3) is 3.55. The van der Waals surface area contributed by atoms with E-state index in [1.807, 2.05) is 0 Å². The van der Waals surface area contributed by atoms with E-state index < -0.39 is 0 Å². The van der Waals surface area contributed by atoms with E-state index in [0.717, 1.165) is 0 Å². The summed E-state index contributed by atoms with van der Waals surface area (Å²) in [6.45, 7) is 0. The van der Waals surface area contributed by atoms with Gasteiger partial charge in [-0.25, -0.2) is 4.68 Å². The lowest BCUT2D eigenvalue weighted by molar-refractivity contribution is -0.0140. The van der Waals surface area contributed by atoms with E-state index in [-0.39, 0.29) is 28.5 Å². The molecule has 10 heteroatoms. The van der Waals surface area contributed by atoms with Crippen LogP contribution >= 0.6 is 0 Å². The Bertz CT molecular complexity index is 1100. The molecule has 0 aliphatic rings. The van der Waals surface area contributed by atoms with Gasteiger partial charge < -0.3 is 0 Å². The van der Waals surface area contributed by atoms with Gasteiger partial charge in [0.15, 0.2) is 17.2 Å². The Hall–Kier alpha value is -4.08. The van der Waals surface area contributed by atoms with Crippen LogP contribution in [0, 0.1) is 0 Å². The molecule has 2 heterocycles. The maximum absolute atomic E-state index is 13.3. The number of benzene rings is 2. The summed E-state index contributed by atoms with van der Waals surface area (Å²) >= 11 is 0. The summed E-state index contributed by atoms with van der Waals surface area (Å²) in [7, 11) is 0. The number of halogens is 3. The second-order valence-corrected chi connectivity index (χ2v) is 5.84. The molecule has 29 heavy (non-hydrogen) atoms. The molecule has 0 amide bonds. The van der Waals surface area contributed by atoms with Gasteiger partial charge in [0, 0.05) is 31.9 Å². The van der Waals surface area contributed by atoms with Crippen molar-refractivity contribution in [3.8, 4) is 45.5 Å². The van der Waals surface area contributed by atoms with Crippen molar-refractivity contribution in [2.45, 2.75) is 0 Å². The predicted octanol–water partition coefficient (Wildman–Crippen LogP) is 4.79. The molecule has 0 saturated carbocycles. The van der Waals surface area contributed by atoms with Gasteiger partial charge in [-0.15, -0.1) is 5.10 Å². The van der Waals surface area contributed by atoms with E-state index >= 15 is 0 Å². The molecule has 0 fully saturated rings. The van der Waals surface area contributed by atoms with E-state index in [2.05, 4.69) is 30.1 Å². The van der Waals surface area contributed by atoms with Crippen LogP contribution in [0.5, 0.6) is 17.2 Å². The number of nitrogens with zero attached hydrogens (tertiary/aromatic N) is 4. The minimum Gasteiger partial charge on any atom is -0.294 e. The average Bonchev–Trinajstić information content (AvgIpc) is 3.29. The molecule has 0 atom stereocenters. The molecule has 146 valence electrons. The predicted molar refractivity (Wildman–Crippen MR) is 95.2 cm³/mol. The van der Waals surface area contributed by atoms with Gasteiger partial charge in [-0.3, -0.25) is 19.8 Å². The lowest BCUT2D eigenvalue weighted by Crippen LogP contribution is -1.98. The smallest absolute Gasteiger partial charge is 0.185 e. The van der Waals surface area contributed by atoms with Crippen LogP contribution in [0.2, 0.25) is 0 Å². The highest BCUT2D eigenvalue weighted by Gasteiger charge is 2.19. The summed E-state index contributed by atoms with van der Waals surface area (Å²) in [6, 6.07) is 13.2. The molecule has 0 radical (unpaired) electrons. The summed E-state index contributed by atoms with van der Waals surface area (Å²) < 4.78 is 40.1. The number of rotatable bonds is 6. The quantitative estimate of drug-likeness (QED) is 0.464. The molecular formula is C19H11F3N4O3. The number of aromatic nitrogens is 4. The van der Waals surface area contributed by atoms with E-state index in [9.17, 15) is 13.6 Å². The van der Waals surface area contributed by atoms with Gasteiger partial charge in [0.2, 0.25) is 0 Å². The molecule has 4 rings (SSSR count). The Morgan fingerprint density at radius 1 is 0.793 bits per heavy atom. The third-order valence-electron chi connectivity index (χ3n) is 4.13. The van der Waals surface area contributed by atoms with E-state index in [4.69, 9.17) is 0 Å². The lowest BCUT2D eigenvalue weighted by Gasteiger charge is -2.11. The minimum absolute atomic E-state index is 0.0192. The van der Waals surface area contributed by atoms with Crippen molar-refractivity contribution in [3.05, 3.63) is 67.0 Å². The number of hydrogen-bond donors (Lipinski definition) is 0. The van der Waals surface area contributed by atoms with Gasteiger partial charge in [-0.05, 0) is 29.8 Å². The SMILES string of the molecule is FOc1ccc(-c2c(OF)cc(-n3cc(-c4ccccn4)nn3)cc2OF)cc1. The minimum atomic E-state index is -0.334. The van der Waals surface area contributed by atoms with Crippen molar-refractivity contribution in [2.75, 3.05) is 0 Å². The first-order valence-corrected chi connectivity index (χ1v) is 8.22. The maximum Gasteiger partial charge on any atom is 0.185 e. The highest BCUT2D eigenvalue weighted by atomic mass is 19.3. The van der Waals surface area contributed by atoms with Crippen molar-refractivity contribution >= 4 is 0 Å². The Balaban J connectivity index is 1.77. The van der Waals surface area contributed by atoms with Gasteiger partial charge in [-0.2, -0.15) is 0 Å². The van der Waals surface area contributed by atoms with E-state index in [0.29, 0.717) is 17.0 Å². The fraction of sp³-hybridized carbons (Fsp3) is 0. The topological polar surface area (TPSA) is 71.3 Å². The summed E-state index contributed by atoms with van der Waals surface area (Å²) in [5.41, 5.74) is 1.56. The van der Waals surface area contributed by atoms with Crippen LogP contribution in [0.3, 0.4) is 0 Å². The van der Waals surface area contributed by atoms with Crippen molar-refractivity contribution in [3.63, 3.8) is 0 Å². The molecule has 4 aromatic rings. The van der Waals surface area contributed by atoms with Crippen molar-refractivity contribution in [1.29, 1.82) is 0 Å². The Kier molecular flexibility index (Phi) is 4.97. The first-order valence-electron chi connectivity index (χ1n) is 8.22. The molecule has 0 saturated heterocycles. The van der Waals surface area contributed by atoms with Gasteiger partial charge >= 0.3 is 0 Å². The molecule has 2 aromatic heterocycles. The highest BCUT2D eigenvalue weighted by Crippen LogP contribution is 2.41. The monoisotopic (exact) mass is 400 g/mol. The molecule has 0 bridgehead atoms. The fourth-order valence-electron chi connectivity index (χ4n) is 2.81. The van der Waals surface area contributed by atoms with Gasteiger partial charge in [0.1, 0.15) is 5.69 Å². The normalized spacial score (nSPS) is 10.6. The van der Waals surface area contributed by atoms with Crippen molar-refractivity contribution in [1.82, 2.24) is 20.0 Å². The van der Waals surface area contributed by atoms with Crippen LogP contribution < -0.4 is 14.8 Å². The first kappa shape index (κ1) is 18.3. The molecule has 0 N–H and O–H groups in total. The Labute approximate surface area is 161 Å². The van der Waals surface area contributed by atoms with E-state index in [1.165, 1.54) is 47.3 Å². The Morgan fingerprint density at radius 3 is 2.10 bits per heavy atom. The number of hydrogen-bond acceptors (Lipinski definition) is 6. The highest BCUT2D eigenvalue weighted by molar-refractivity contribution is 5.79. The summed E-state index contributed by atoms with van der Waals surface area (Å²) in [5, 5.41) is 7.96. The van der Waals surface area contributed by atoms with Crippen LogP contribution in [0.25, 0.3) is 28.2 Å². The standard InChI is InChI=1S/C19H11F3N4O3/c20-27-14-6-4-12(5-7-14)19-17(28-21)9-13(10-18(19)29-22)26-11-16(24-25-26)15-3-1-2-8-23-15/h1-11H. The summed E-state index contributed by atoms with van der Waals surface area (Å²) in [6.07, 6.45) is 3.14. The first-order chi connectivity index (χ1) is 14.2. The van der Waals surface area contributed by atoms with Gasteiger partial charge in [0.25, 0.3) is 0 Å². The van der Waals surface area contributed by atoms with Gasteiger partial charge in [0.05, 0.1) is 23.1 Å². The van der Waals surface area contributed by atoms with Crippen LogP contribution in [-0.4, -0.2) is 20.0 Å². The zero-order valence-corrected chi connectivity index (χ0v) is 14.5. The average molecular weight is 400 g/mol. The summed E-state index contributed by atoms with van der Waals surface area (Å²) in [4.78, 5) is 15.6. The zero-order chi connectivity index (χ0) is 20.2. The van der Waals surface area contributed by atoms with Crippen molar-refractivity contribution < 1.29 is 28.4 Å². The molecular weight excluding hydrogens is 389 g/mol. The fourth-order valence-corrected chi connectivity index (χ4v) is 2.81. The van der Waals surface area contributed by atoms with E-state index in [1.54, 1.807) is 24.4 Å². The molecule has 0 spiro atoms. The lowest BCUT2D eigenvalue weighted by atomic mass is 10.0. The van der Waals surface area contributed by atoms with Crippen LogP contribution in [0.1, 0.15) is 0 Å². The zero-order valence-electron chi connectivity index (χ0n) is 14.5.